The van der Waals surface area contributed by atoms with Gasteiger partial charge in [0.25, 0.3) is 6.17 Å². The quantitative estimate of drug-likeness (QED) is 0.273. The van der Waals surface area contributed by atoms with Gasteiger partial charge in [0, 0.05) is 23.3 Å². The number of anilines is 1. The molecule has 0 radical (unpaired) electrons. The Morgan fingerprint density at radius 2 is 1.88 bits per heavy atom. The second-order valence-corrected chi connectivity index (χ2v) is 9.39. The van der Waals surface area contributed by atoms with Gasteiger partial charge in [0.15, 0.2) is 0 Å². The number of carbonyl (C=O) groups is 1. The molecule has 1 atom stereocenters. The summed E-state index contributed by atoms with van der Waals surface area (Å²) in [7, 11) is 0. The fraction of sp³-hybridized carbons (Fsp3) is 0.385. The average molecular weight is 480 g/mol. The Balaban J connectivity index is 1.84. The first-order chi connectivity index (χ1) is 16.5. The van der Waals surface area contributed by atoms with Crippen LogP contribution >= 0.6 is 11.8 Å². The highest BCUT2D eigenvalue weighted by atomic mass is 32.2. The monoisotopic (exact) mass is 479 g/mol. The molecule has 2 aromatic carbocycles. The summed E-state index contributed by atoms with van der Waals surface area (Å²) in [6.07, 6.45) is 3.66. The van der Waals surface area contributed by atoms with Crippen LogP contribution in [-0.4, -0.2) is 28.3 Å². The van der Waals surface area contributed by atoms with Crippen LogP contribution in [0.2, 0.25) is 0 Å². The second kappa shape index (κ2) is 10.9. The molecule has 7 nitrogen and oxygen atoms in total. The standard InChI is InChI=1S/C26H30N4O3S/c1-4-6-9-17-34-26-27-24(32)23-21-10-7-8-11-22(21)29(18(3)31)25(30(23)28-26)19-12-14-20(15-13-19)33-16-5-2/h7-8,10-15,25H,4-6,9,16-17H2,1-3H3/p+1/t25-/m1/s1. The zero-order chi connectivity index (χ0) is 24.1. The minimum Gasteiger partial charge on any atom is -0.494 e. The summed E-state index contributed by atoms with van der Waals surface area (Å²) in [5.41, 5.74) is 2.47. The molecular weight excluding hydrogens is 448 g/mol. The van der Waals surface area contributed by atoms with E-state index >= 15 is 0 Å². The van der Waals surface area contributed by atoms with Crippen LogP contribution in [0.1, 0.15) is 58.2 Å². The number of ether oxygens (including phenoxy) is 1. The molecule has 0 saturated heterocycles. The molecule has 0 aliphatic carbocycles. The molecule has 8 heteroatoms. The van der Waals surface area contributed by atoms with Crippen molar-refractivity contribution in [1.82, 2.24) is 10.1 Å². The van der Waals surface area contributed by atoms with E-state index in [4.69, 9.17) is 9.84 Å². The Hall–Kier alpha value is -3.13. The molecule has 0 unspecified atom stereocenters. The lowest BCUT2D eigenvalue weighted by Gasteiger charge is -2.31. The first-order valence-electron chi connectivity index (χ1n) is 11.9. The van der Waals surface area contributed by atoms with E-state index in [0.717, 1.165) is 42.7 Å². The molecule has 1 aromatic heterocycles. The van der Waals surface area contributed by atoms with E-state index in [0.29, 0.717) is 28.7 Å². The third-order valence-electron chi connectivity index (χ3n) is 5.74. The largest absolute Gasteiger partial charge is 0.494 e. The molecule has 1 amide bonds. The molecule has 0 fully saturated rings. The number of rotatable bonds is 9. The predicted octanol–water partition coefficient (Wildman–Crippen LogP) is 4.71. The van der Waals surface area contributed by atoms with Crippen molar-refractivity contribution in [2.75, 3.05) is 17.3 Å². The summed E-state index contributed by atoms with van der Waals surface area (Å²) in [6.45, 7) is 6.41. The lowest BCUT2D eigenvalue weighted by molar-refractivity contribution is -0.763. The van der Waals surface area contributed by atoms with E-state index in [9.17, 15) is 9.59 Å². The first-order valence-corrected chi connectivity index (χ1v) is 12.8. The lowest BCUT2D eigenvalue weighted by atomic mass is 10.0. The number of hydrogen-bond acceptors (Lipinski definition) is 5. The number of para-hydroxylation sites is 1. The van der Waals surface area contributed by atoms with Crippen LogP contribution in [0.25, 0.3) is 11.3 Å². The zero-order valence-electron chi connectivity index (χ0n) is 19.9. The Morgan fingerprint density at radius 1 is 1.12 bits per heavy atom. The summed E-state index contributed by atoms with van der Waals surface area (Å²) < 4.78 is 7.44. The van der Waals surface area contributed by atoms with Gasteiger partial charge in [-0.05, 0) is 53.9 Å². The van der Waals surface area contributed by atoms with Crippen molar-refractivity contribution in [3.63, 3.8) is 0 Å². The smallest absolute Gasteiger partial charge is 0.325 e. The molecule has 2 heterocycles. The summed E-state index contributed by atoms with van der Waals surface area (Å²) >= 11 is 1.54. The number of carbonyl (C=O) groups excluding carboxylic acids is 1. The Morgan fingerprint density at radius 3 is 2.59 bits per heavy atom. The molecule has 0 saturated carbocycles. The molecular formula is C26H31N4O3S+. The molecule has 1 N–H and O–H groups in total. The van der Waals surface area contributed by atoms with Gasteiger partial charge in [0.05, 0.1) is 17.9 Å². The lowest BCUT2D eigenvalue weighted by Crippen LogP contribution is -2.60. The first kappa shape index (κ1) is 24.0. The van der Waals surface area contributed by atoms with Crippen LogP contribution in [0.5, 0.6) is 5.75 Å². The summed E-state index contributed by atoms with van der Waals surface area (Å²) in [6, 6.07) is 15.2. The van der Waals surface area contributed by atoms with Crippen LogP contribution in [0.15, 0.2) is 58.5 Å². The van der Waals surface area contributed by atoms with Gasteiger partial charge in [-0.2, -0.15) is 0 Å². The maximum atomic E-state index is 13.3. The number of nitrogens with zero attached hydrogens (tertiary/aromatic N) is 3. The summed E-state index contributed by atoms with van der Waals surface area (Å²) in [5, 5.41) is 5.39. The molecule has 0 bridgehead atoms. The number of unbranched alkanes of at least 4 members (excludes halogenated alkanes) is 2. The van der Waals surface area contributed by atoms with Crippen molar-refractivity contribution < 1.29 is 14.2 Å². The van der Waals surface area contributed by atoms with E-state index in [2.05, 4.69) is 18.8 Å². The van der Waals surface area contributed by atoms with Crippen LogP contribution in [0, 0.1) is 0 Å². The minimum absolute atomic E-state index is 0.124. The second-order valence-electron chi connectivity index (χ2n) is 8.31. The van der Waals surface area contributed by atoms with Gasteiger partial charge in [-0.3, -0.25) is 14.6 Å². The van der Waals surface area contributed by atoms with Gasteiger partial charge in [0.1, 0.15) is 5.75 Å². The van der Waals surface area contributed by atoms with E-state index in [-0.39, 0.29) is 11.5 Å². The van der Waals surface area contributed by atoms with Crippen molar-refractivity contribution in [1.29, 1.82) is 0 Å². The van der Waals surface area contributed by atoms with Crippen LogP contribution in [0.3, 0.4) is 0 Å². The van der Waals surface area contributed by atoms with Gasteiger partial charge in [-0.15, -0.1) is 0 Å². The molecule has 1 aliphatic rings. The van der Waals surface area contributed by atoms with E-state index < -0.39 is 6.17 Å². The molecule has 1 aliphatic heterocycles. The number of nitrogens with one attached hydrogen (secondary N) is 1. The number of fused-ring (bicyclic) bond motifs is 3. The summed E-state index contributed by atoms with van der Waals surface area (Å²) in [4.78, 5) is 30.9. The maximum absolute atomic E-state index is 13.3. The van der Waals surface area contributed by atoms with Crippen molar-refractivity contribution >= 4 is 23.4 Å². The fourth-order valence-electron chi connectivity index (χ4n) is 4.16. The van der Waals surface area contributed by atoms with E-state index in [1.165, 1.54) is 11.8 Å². The molecule has 178 valence electrons. The Bertz CT molecular complexity index is 1210. The van der Waals surface area contributed by atoms with Gasteiger partial charge in [-0.1, -0.05) is 50.6 Å². The normalized spacial score (nSPS) is 14.4. The average Bonchev–Trinajstić information content (AvgIpc) is 2.84. The van der Waals surface area contributed by atoms with Crippen molar-refractivity contribution in [2.45, 2.75) is 57.8 Å². The highest BCUT2D eigenvalue weighted by Gasteiger charge is 2.44. The van der Waals surface area contributed by atoms with E-state index in [1.54, 1.807) is 16.5 Å². The van der Waals surface area contributed by atoms with E-state index in [1.807, 2.05) is 48.5 Å². The summed E-state index contributed by atoms with van der Waals surface area (Å²) in [5.74, 6) is 1.52. The van der Waals surface area contributed by atoms with Gasteiger partial charge < -0.3 is 4.74 Å². The number of thioether (sulfide) groups is 1. The number of H-pyrrole nitrogens is 1. The SMILES string of the molecule is CCCCCSc1n[n+]2c(c(=O)[nH]1)-c1ccccc1N(C(C)=O)[C@H]2c1ccc(OCCC)cc1. The highest BCUT2D eigenvalue weighted by Crippen LogP contribution is 2.37. The maximum Gasteiger partial charge on any atom is 0.325 e. The van der Waals surface area contributed by atoms with Crippen molar-refractivity contribution in [3.05, 3.63) is 64.4 Å². The molecule has 4 rings (SSSR count). The number of hydrogen-bond donors (Lipinski definition) is 1. The van der Waals surface area contributed by atoms with Gasteiger partial charge in [-0.25, -0.2) is 4.90 Å². The Kier molecular flexibility index (Phi) is 7.67. The fourth-order valence-corrected chi connectivity index (χ4v) is 5.01. The van der Waals surface area contributed by atoms with Crippen LogP contribution in [0.4, 0.5) is 5.69 Å². The number of benzene rings is 2. The predicted molar refractivity (Wildman–Crippen MR) is 134 cm³/mol. The molecule has 0 spiro atoms. The minimum atomic E-state index is -0.583. The Labute approximate surface area is 204 Å². The third-order valence-corrected chi connectivity index (χ3v) is 6.69. The topological polar surface area (TPSA) is 79.2 Å². The molecule has 3 aromatic rings. The molecule has 34 heavy (non-hydrogen) atoms. The third kappa shape index (κ3) is 4.87. The van der Waals surface area contributed by atoms with Crippen molar-refractivity contribution in [3.8, 4) is 17.0 Å². The van der Waals surface area contributed by atoms with Gasteiger partial charge >= 0.3 is 11.3 Å². The van der Waals surface area contributed by atoms with Crippen molar-refractivity contribution in [2.24, 2.45) is 0 Å². The number of aromatic nitrogens is 3. The zero-order valence-corrected chi connectivity index (χ0v) is 20.7. The highest BCUT2D eigenvalue weighted by molar-refractivity contribution is 7.99. The van der Waals surface area contributed by atoms with Crippen LogP contribution < -0.4 is 19.9 Å². The number of amides is 1. The number of aromatic amines is 1. The van der Waals surface area contributed by atoms with Crippen LogP contribution in [-0.2, 0) is 4.79 Å². The van der Waals surface area contributed by atoms with Gasteiger partial charge in [0.2, 0.25) is 11.1 Å².